The van der Waals surface area contributed by atoms with Gasteiger partial charge >= 0.3 is 0 Å². The SMILES string of the molecule is CC(C)N(C)S(=O)(=O)c1sccc1C#N. The maximum atomic E-state index is 12.0. The summed E-state index contributed by atoms with van der Waals surface area (Å²) in [5.74, 6) is 0. The monoisotopic (exact) mass is 244 g/mol. The Morgan fingerprint density at radius 1 is 1.53 bits per heavy atom. The molecule has 0 aliphatic carbocycles. The highest BCUT2D eigenvalue weighted by Gasteiger charge is 2.27. The molecule has 1 rings (SSSR count). The van der Waals surface area contributed by atoms with E-state index < -0.39 is 10.0 Å². The van der Waals surface area contributed by atoms with Crippen molar-refractivity contribution in [2.45, 2.75) is 24.1 Å². The third kappa shape index (κ3) is 2.20. The summed E-state index contributed by atoms with van der Waals surface area (Å²) in [7, 11) is -1.99. The number of hydrogen-bond acceptors (Lipinski definition) is 4. The van der Waals surface area contributed by atoms with Gasteiger partial charge in [-0.3, -0.25) is 0 Å². The zero-order valence-electron chi connectivity index (χ0n) is 8.76. The van der Waals surface area contributed by atoms with Crippen molar-refractivity contribution in [3.8, 4) is 6.07 Å². The van der Waals surface area contributed by atoms with Gasteiger partial charge in [-0.2, -0.15) is 9.57 Å². The van der Waals surface area contributed by atoms with Crippen LogP contribution in [0.2, 0.25) is 0 Å². The van der Waals surface area contributed by atoms with E-state index in [4.69, 9.17) is 5.26 Å². The van der Waals surface area contributed by atoms with Crippen LogP contribution in [0.15, 0.2) is 15.7 Å². The first-order valence-electron chi connectivity index (χ1n) is 4.37. The van der Waals surface area contributed by atoms with Gasteiger partial charge in [0.25, 0.3) is 10.0 Å². The molecule has 1 aromatic rings. The van der Waals surface area contributed by atoms with Crippen LogP contribution in [-0.4, -0.2) is 25.8 Å². The van der Waals surface area contributed by atoms with Gasteiger partial charge in [0.1, 0.15) is 6.07 Å². The largest absolute Gasteiger partial charge is 0.253 e. The lowest BCUT2D eigenvalue weighted by Gasteiger charge is -2.19. The average molecular weight is 244 g/mol. The summed E-state index contributed by atoms with van der Waals surface area (Å²) >= 11 is 1.07. The van der Waals surface area contributed by atoms with Crippen molar-refractivity contribution >= 4 is 21.4 Å². The quantitative estimate of drug-likeness (QED) is 0.812. The van der Waals surface area contributed by atoms with Crippen molar-refractivity contribution in [1.29, 1.82) is 5.26 Å². The maximum Gasteiger partial charge on any atom is 0.253 e. The van der Waals surface area contributed by atoms with Crippen LogP contribution in [0.25, 0.3) is 0 Å². The fourth-order valence-corrected chi connectivity index (χ4v) is 3.77. The first-order valence-corrected chi connectivity index (χ1v) is 6.69. The van der Waals surface area contributed by atoms with Crippen LogP contribution in [0.3, 0.4) is 0 Å². The molecule has 0 unspecified atom stereocenters. The fraction of sp³-hybridized carbons (Fsp3) is 0.444. The highest BCUT2D eigenvalue weighted by Crippen LogP contribution is 2.25. The molecule has 0 radical (unpaired) electrons. The van der Waals surface area contributed by atoms with E-state index in [1.165, 1.54) is 17.4 Å². The van der Waals surface area contributed by atoms with E-state index >= 15 is 0 Å². The third-order valence-corrected chi connectivity index (χ3v) is 5.59. The topological polar surface area (TPSA) is 61.2 Å². The number of sulfonamides is 1. The van der Waals surface area contributed by atoms with Gasteiger partial charge in [0.15, 0.2) is 4.21 Å². The van der Waals surface area contributed by atoms with Gasteiger partial charge < -0.3 is 0 Å². The van der Waals surface area contributed by atoms with Crippen LogP contribution in [0, 0.1) is 11.3 Å². The van der Waals surface area contributed by atoms with E-state index in [1.807, 2.05) is 6.07 Å². The van der Waals surface area contributed by atoms with E-state index in [0.29, 0.717) is 0 Å². The lowest BCUT2D eigenvalue weighted by molar-refractivity contribution is 0.412. The first kappa shape index (κ1) is 12.2. The highest BCUT2D eigenvalue weighted by molar-refractivity contribution is 7.91. The lowest BCUT2D eigenvalue weighted by Crippen LogP contribution is -2.32. The number of thiophene rings is 1. The molecule has 0 saturated carbocycles. The van der Waals surface area contributed by atoms with Crippen molar-refractivity contribution < 1.29 is 8.42 Å². The van der Waals surface area contributed by atoms with Crippen molar-refractivity contribution in [2.75, 3.05) is 7.05 Å². The molecule has 0 aliphatic heterocycles. The number of nitriles is 1. The predicted molar refractivity (Wildman–Crippen MR) is 59.1 cm³/mol. The van der Waals surface area contributed by atoms with E-state index in [2.05, 4.69) is 0 Å². The second-order valence-corrected chi connectivity index (χ2v) is 6.46. The maximum absolute atomic E-state index is 12.0. The Kier molecular flexibility index (Phi) is 3.50. The van der Waals surface area contributed by atoms with E-state index in [0.717, 1.165) is 11.3 Å². The van der Waals surface area contributed by atoms with Crippen LogP contribution in [-0.2, 0) is 10.0 Å². The fourth-order valence-electron chi connectivity index (χ4n) is 0.986. The van der Waals surface area contributed by atoms with Crippen molar-refractivity contribution in [3.63, 3.8) is 0 Å². The molecule has 0 bridgehead atoms. The zero-order chi connectivity index (χ0) is 11.6. The minimum absolute atomic E-state index is 0.122. The molecule has 1 aromatic heterocycles. The molecule has 1 heterocycles. The summed E-state index contributed by atoms with van der Waals surface area (Å²) < 4.78 is 25.4. The minimum Gasteiger partial charge on any atom is -0.206 e. The number of hydrogen-bond donors (Lipinski definition) is 0. The van der Waals surface area contributed by atoms with E-state index in [9.17, 15) is 8.42 Å². The van der Waals surface area contributed by atoms with Crippen LogP contribution in [0.1, 0.15) is 19.4 Å². The van der Waals surface area contributed by atoms with E-state index in [-0.39, 0.29) is 15.8 Å². The molecular weight excluding hydrogens is 232 g/mol. The Morgan fingerprint density at radius 3 is 2.60 bits per heavy atom. The molecule has 0 atom stereocenters. The second kappa shape index (κ2) is 4.31. The second-order valence-electron chi connectivity index (χ2n) is 3.35. The standard InChI is InChI=1S/C9H12N2O2S2/c1-7(2)11(3)15(12,13)9-8(6-10)4-5-14-9/h4-5,7H,1-3H3. The van der Waals surface area contributed by atoms with Crippen LogP contribution in [0.4, 0.5) is 0 Å². The molecule has 0 aliphatic rings. The minimum atomic E-state index is -3.51. The lowest BCUT2D eigenvalue weighted by atomic mass is 10.4. The van der Waals surface area contributed by atoms with Crippen molar-refractivity contribution in [2.24, 2.45) is 0 Å². The van der Waals surface area contributed by atoms with Crippen molar-refractivity contribution in [1.82, 2.24) is 4.31 Å². The molecule has 0 amide bonds. The molecule has 0 aromatic carbocycles. The van der Waals surface area contributed by atoms with Crippen LogP contribution >= 0.6 is 11.3 Å². The van der Waals surface area contributed by atoms with Gasteiger partial charge in [-0.05, 0) is 25.3 Å². The molecule has 0 saturated heterocycles. The summed E-state index contributed by atoms with van der Waals surface area (Å²) in [5.41, 5.74) is 0.215. The number of nitrogens with zero attached hydrogens (tertiary/aromatic N) is 2. The van der Waals surface area contributed by atoms with Crippen LogP contribution in [0.5, 0.6) is 0 Å². The molecule has 4 nitrogen and oxygen atoms in total. The summed E-state index contributed by atoms with van der Waals surface area (Å²) in [6.07, 6.45) is 0. The molecule has 82 valence electrons. The van der Waals surface area contributed by atoms with Gasteiger partial charge in [0, 0.05) is 13.1 Å². The van der Waals surface area contributed by atoms with Gasteiger partial charge in [-0.15, -0.1) is 11.3 Å². The Labute approximate surface area is 93.8 Å². The Bertz CT molecular complexity index is 482. The number of rotatable bonds is 3. The summed E-state index contributed by atoms with van der Waals surface area (Å²) in [4.78, 5) is 0. The molecule has 0 spiro atoms. The Balaban J connectivity index is 3.25. The molecule has 0 N–H and O–H groups in total. The molecule has 6 heteroatoms. The Hall–Kier alpha value is -0.900. The zero-order valence-corrected chi connectivity index (χ0v) is 10.4. The van der Waals surface area contributed by atoms with Crippen molar-refractivity contribution in [3.05, 3.63) is 17.0 Å². The summed E-state index contributed by atoms with van der Waals surface area (Å²) in [5, 5.41) is 10.4. The highest BCUT2D eigenvalue weighted by atomic mass is 32.2. The van der Waals surface area contributed by atoms with Gasteiger partial charge in [0.2, 0.25) is 0 Å². The van der Waals surface area contributed by atoms with Crippen LogP contribution < -0.4 is 0 Å². The summed E-state index contributed by atoms with van der Waals surface area (Å²) in [6, 6.07) is 3.28. The average Bonchev–Trinajstić information content (AvgIpc) is 2.64. The first-order chi connectivity index (χ1) is 6.91. The third-order valence-electron chi connectivity index (χ3n) is 2.09. The Morgan fingerprint density at radius 2 is 2.13 bits per heavy atom. The van der Waals surface area contributed by atoms with Gasteiger partial charge in [0.05, 0.1) is 5.56 Å². The predicted octanol–water partition coefficient (Wildman–Crippen LogP) is 1.65. The normalized spacial score (nSPS) is 12.0. The van der Waals surface area contributed by atoms with Gasteiger partial charge in [-0.1, -0.05) is 0 Å². The van der Waals surface area contributed by atoms with Gasteiger partial charge in [-0.25, -0.2) is 8.42 Å². The van der Waals surface area contributed by atoms with E-state index in [1.54, 1.807) is 19.2 Å². The molecular formula is C9H12N2O2S2. The summed E-state index contributed by atoms with van der Waals surface area (Å²) in [6.45, 7) is 3.58. The molecule has 0 fully saturated rings. The smallest absolute Gasteiger partial charge is 0.206 e. The molecule has 15 heavy (non-hydrogen) atoms.